The van der Waals surface area contributed by atoms with Gasteiger partial charge in [0.15, 0.2) is 6.61 Å². The summed E-state index contributed by atoms with van der Waals surface area (Å²) in [5.74, 6) is 0.953. The largest absolute Gasteiger partial charge is 0.497 e. The molecule has 3 aromatic carbocycles. The number of sulfonamides is 1. The number of methoxy groups -OCH3 is 2. The molecule has 8 nitrogen and oxygen atoms in total. The van der Waals surface area contributed by atoms with Gasteiger partial charge in [-0.15, -0.1) is 0 Å². The van der Waals surface area contributed by atoms with Crippen LogP contribution >= 0.6 is 11.6 Å². The van der Waals surface area contributed by atoms with Gasteiger partial charge in [0.1, 0.15) is 17.2 Å². The van der Waals surface area contributed by atoms with Crippen LogP contribution < -0.4 is 24.2 Å². The predicted molar refractivity (Wildman–Crippen MR) is 122 cm³/mol. The maximum atomic E-state index is 12.5. The number of halogens is 1. The van der Waals surface area contributed by atoms with E-state index >= 15 is 0 Å². The quantitative estimate of drug-likeness (QED) is 0.480. The van der Waals surface area contributed by atoms with E-state index in [2.05, 4.69) is 10.0 Å². The Morgan fingerprint density at radius 2 is 1.56 bits per heavy atom. The Hall–Kier alpha value is -3.43. The minimum Gasteiger partial charge on any atom is -0.497 e. The van der Waals surface area contributed by atoms with Crippen LogP contribution in [-0.2, 0) is 14.8 Å². The number of hydrogen-bond donors (Lipinski definition) is 2. The maximum absolute atomic E-state index is 12.5. The molecule has 2 N–H and O–H groups in total. The molecule has 0 unspecified atom stereocenters. The van der Waals surface area contributed by atoms with Gasteiger partial charge in [-0.1, -0.05) is 11.6 Å². The Kier molecular flexibility index (Phi) is 7.45. The van der Waals surface area contributed by atoms with Crippen molar-refractivity contribution in [3.05, 3.63) is 71.8 Å². The summed E-state index contributed by atoms with van der Waals surface area (Å²) >= 11 is 5.81. The number of ether oxygens (including phenoxy) is 3. The lowest BCUT2D eigenvalue weighted by Gasteiger charge is -2.12. The SMILES string of the molecule is COc1ccc(OC)c(NC(=O)COc2ccc(S(=O)(=O)Nc3ccc(Cl)cc3)cc2)c1. The van der Waals surface area contributed by atoms with E-state index in [1.54, 1.807) is 42.5 Å². The van der Waals surface area contributed by atoms with E-state index in [4.69, 9.17) is 25.8 Å². The summed E-state index contributed by atoms with van der Waals surface area (Å²) < 4.78 is 43.3. The average Bonchev–Trinajstić information content (AvgIpc) is 2.79. The van der Waals surface area contributed by atoms with Crippen molar-refractivity contribution in [2.75, 3.05) is 30.9 Å². The van der Waals surface area contributed by atoms with Crippen molar-refractivity contribution >= 4 is 38.9 Å². The molecular weight excluding hydrogens is 456 g/mol. The summed E-state index contributed by atoms with van der Waals surface area (Å²) in [7, 11) is -0.772. The summed E-state index contributed by atoms with van der Waals surface area (Å²) in [6.07, 6.45) is 0. The highest BCUT2D eigenvalue weighted by atomic mass is 35.5. The molecule has 0 radical (unpaired) electrons. The van der Waals surface area contributed by atoms with Crippen molar-refractivity contribution in [3.8, 4) is 17.2 Å². The first-order chi connectivity index (χ1) is 15.3. The Labute approximate surface area is 191 Å². The fourth-order valence-electron chi connectivity index (χ4n) is 2.69. The highest BCUT2D eigenvalue weighted by molar-refractivity contribution is 7.92. The molecule has 1 amide bonds. The summed E-state index contributed by atoms with van der Waals surface area (Å²) in [6.45, 7) is -0.282. The monoisotopic (exact) mass is 476 g/mol. The minimum absolute atomic E-state index is 0.0466. The molecule has 0 aliphatic heterocycles. The van der Waals surface area contributed by atoms with Crippen molar-refractivity contribution in [1.29, 1.82) is 0 Å². The molecule has 32 heavy (non-hydrogen) atoms. The predicted octanol–water partition coefficient (Wildman–Crippen LogP) is 4.18. The van der Waals surface area contributed by atoms with Crippen LogP contribution in [0.4, 0.5) is 11.4 Å². The van der Waals surface area contributed by atoms with E-state index in [1.165, 1.54) is 38.5 Å². The first-order valence-electron chi connectivity index (χ1n) is 9.34. The van der Waals surface area contributed by atoms with Gasteiger partial charge in [0.2, 0.25) is 0 Å². The van der Waals surface area contributed by atoms with Gasteiger partial charge in [0.05, 0.1) is 24.8 Å². The number of hydrogen-bond acceptors (Lipinski definition) is 6. The second-order valence-electron chi connectivity index (χ2n) is 6.49. The van der Waals surface area contributed by atoms with Gasteiger partial charge >= 0.3 is 0 Å². The molecule has 168 valence electrons. The van der Waals surface area contributed by atoms with E-state index in [1.807, 2.05) is 0 Å². The van der Waals surface area contributed by atoms with Crippen LogP contribution in [0.3, 0.4) is 0 Å². The average molecular weight is 477 g/mol. The highest BCUT2D eigenvalue weighted by Gasteiger charge is 2.15. The molecule has 0 atom stereocenters. The number of amides is 1. The normalized spacial score (nSPS) is 10.8. The maximum Gasteiger partial charge on any atom is 0.262 e. The number of carbonyl (C=O) groups excluding carboxylic acids is 1. The second kappa shape index (κ2) is 10.3. The van der Waals surface area contributed by atoms with Gasteiger partial charge in [-0.2, -0.15) is 0 Å². The van der Waals surface area contributed by atoms with E-state index in [0.29, 0.717) is 33.6 Å². The van der Waals surface area contributed by atoms with Crippen LogP contribution in [0.1, 0.15) is 0 Å². The Balaban J connectivity index is 1.60. The van der Waals surface area contributed by atoms with Gasteiger partial charge in [0.25, 0.3) is 15.9 Å². The van der Waals surface area contributed by atoms with E-state index in [0.717, 1.165) is 0 Å². The first kappa shape index (κ1) is 23.2. The van der Waals surface area contributed by atoms with Gasteiger partial charge in [-0.3, -0.25) is 9.52 Å². The van der Waals surface area contributed by atoms with Crippen molar-refractivity contribution in [2.45, 2.75) is 4.90 Å². The summed E-state index contributed by atoms with van der Waals surface area (Å²) in [5, 5.41) is 3.19. The van der Waals surface area contributed by atoms with Crippen LogP contribution in [0.5, 0.6) is 17.2 Å². The summed E-state index contributed by atoms with van der Waals surface area (Å²) in [5.41, 5.74) is 0.828. The molecule has 0 aliphatic carbocycles. The van der Waals surface area contributed by atoms with Crippen LogP contribution in [0.25, 0.3) is 0 Å². The fourth-order valence-corrected chi connectivity index (χ4v) is 3.88. The molecule has 0 aromatic heterocycles. The molecule has 3 aromatic rings. The zero-order valence-electron chi connectivity index (χ0n) is 17.3. The third-order valence-electron chi connectivity index (χ3n) is 4.28. The first-order valence-corrected chi connectivity index (χ1v) is 11.2. The topological polar surface area (TPSA) is 103 Å². The number of benzene rings is 3. The van der Waals surface area contributed by atoms with Crippen LogP contribution in [-0.4, -0.2) is 35.2 Å². The lowest BCUT2D eigenvalue weighted by molar-refractivity contribution is -0.118. The van der Waals surface area contributed by atoms with Crippen LogP contribution in [0.15, 0.2) is 71.6 Å². The molecule has 10 heteroatoms. The molecule has 0 bridgehead atoms. The molecule has 3 rings (SSSR count). The van der Waals surface area contributed by atoms with Gasteiger partial charge in [-0.05, 0) is 60.7 Å². The number of carbonyl (C=O) groups is 1. The standard InChI is InChI=1S/C22H21ClN2O6S/c1-29-18-9-12-21(30-2)20(13-18)24-22(26)14-31-17-7-10-19(11-8-17)32(27,28)25-16-5-3-15(23)4-6-16/h3-13,25H,14H2,1-2H3,(H,24,26). The van der Waals surface area contributed by atoms with Crippen molar-refractivity contribution in [2.24, 2.45) is 0 Å². The molecule has 0 fully saturated rings. The third-order valence-corrected chi connectivity index (χ3v) is 5.93. The zero-order chi connectivity index (χ0) is 23.1. The van der Waals surface area contributed by atoms with Gasteiger partial charge in [0, 0.05) is 16.8 Å². The third kappa shape index (κ3) is 6.05. The molecule has 0 saturated heterocycles. The lowest BCUT2D eigenvalue weighted by atomic mass is 10.2. The van der Waals surface area contributed by atoms with E-state index in [9.17, 15) is 13.2 Å². The number of rotatable bonds is 9. The molecule has 0 aliphatic rings. The number of nitrogens with one attached hydrogen (secondary N) is 2. The summed E-state index contributed by atoms with van der Waals surface area (Å²) in [6, 6.07) is 17.0. The molecule has 0 saturated carbocycles. The minimum atomic E-state index is -3.78. The Morgan fingerprint density at radius 1 is 0.906 bits per heavy atom. The fraction of sp³-hybridized carbons (Fsp3) is 0.136. The van der Waals surface area contributed by atoms with E-state index in [-0.39, 0.29) is 11.5 Å². The Morgan fingerprint density at radius 3 is 2.19 bits per heavy atom. The lowest BCUT2D eigenvalue weighted by Crippen LogP contribution is -2.20. The second-order valence-corrected chi connectivity index (χ2v) is 8.61. The van der Waals surface area contributed by atoms with Crippen LogP contribution in [0, 0.1) is 0 Å². The van der Waals surface area contributed by atoms with Gasteiger partial charge in [-0.25, -0.2) is 8.42 Å². The van der Waals surface area contributed by atoms with Crippen molar-refractivity contribution < 1.29 is 27.4 Å². The molecule has 0 spiro atoms. The highest BCUT2D eigenvalue weighted by Crippen LogP contribution is 2.29. The van der Waals surface area contributed by atoms with E-state index < -0.39 is 15.9 Å². The van der Waals surface area contributed by atoms with Crippen molar-refractivity contribution in [1.82, 2.24) is 0 Å². The number of anilines is 2. The van der Waals surface area contributed by atoms with Crippen LogP contribution in [0.2, 0.25) is 5.02 Å². The Bertz CT molecular complexity index is 1180. The summed E-state index contributed by atoms with van der Waals surface area (Å²) in [4.78, 5) is 12.3. The molecule has 0 heterocycles. The van der Waals surface area contributed by atoms with Gasteiger partial charge < -0.3 is 19.5 Å². The van der Waals surface area contributed by atoms with Crippen molar-refractivity contribution in [3.63, 3.8) is 0 Å². The smallest absolute Gasteiger partial charge is 0.262 e. The molecular formula is C22H21ClN2O6S. The zero-order valence-corrected chi connectivity index (χ0v) is 18.9.